The molecule has 0 aliphatic rings. The number of carbonyl (C=O) groups excluding carboxylic acids is 4. The molecule has 0 heterocycles. The van der Waals surface area contributed by atoms with E-state index >= 15 is 0 Å². The molecule has 3 aromatic rings. The fraction of sp³-hybridized carbons (Fsp3) is 0.500. The van der Waals surface area contributed by atoms with Gasteiger partial charge in [0.05, 0.1) is 37.4 Å². The fourth-order valence-electron chi connectivity index (χ4n) is 6.18. The van der Waals surface area contributed by atoms with Gasteiger partial charge in [-0.05, 0) is 85.1 Å². The van der Waals surface area contributed by atoms with Gasteiger partial charge in [0.2, 0.25) is 0 Å². The lowest BCUT2D eigenvalue weighted by atomic mass is 9.93. The minimum atomic E-state index is -8.01. The van der Waals surface area contributed by atoms with E-state index in [1.807, 2.05) is 0 Å². The Morgan fingerprint density at radius 3 is 1.24 bits per heavy atom. The first-order chi connectivity index (χ1) is 32.7. The van der Waals surface area contributed by atoms with Gasteiger partial charge in [0, 0.05) is 0 Å². The highest BCUT2D eigenvalue weighted by Crippen LogP contribution is 2.60. The number of rotatable bonds is 29. The van der Waals surface area contributed by atoms with Crippen LogP contribution in [-0.4, -0.2) is 79.5 Å². The quantitative estimate of drug-likeness (QED) is 0.0127. The van der Waals surface area contributed by atoms with Crippen molar-refractivity contribution in [1.82, 2.24) is 0 Å². The van der Waals surface area contributed by atoms with Crippen molar-refractivity contribution in [3.63, 3.8) is 0 Å². The molecule has 0 N–H and O–H groups in total. The lowest BCUT2D eigenvalue weighted by molar-refractivity contribution is -0.440. The summed E-state index contributed by atoms with van der Waals surface area (Å²) in [4.78, 5) is 51.7. The smallest absolute Gasteiger partial charge is 0.460 e. The van der Waals surface area contributed by atoms with Crippen molar-refractivity contribution in [2.24, 2.45) is 0 Å². The second kappa shape index (κ2) is 25.9. The zero-order valence-corrected chi connectivity index (χ0v) is 37.9. The van der Waals surface area contributed by atoms with Gasteiger partial charge in [0.25, 0.3) is 0 Å². The molecule has 388 valence electrons. The number of halogens is 13. The van der Waals surface area contributed by atoms with Gasteiger partial charge in [-0.25, -0.2) is 19.2 Å². The number of benzene rings is 3. The summed E-state index contributed by atoms with van der Waals surface area (Å²) in [5.74, 6) is -41.7. The van der Waals surface area contributed by atoms with Crippen LogP contribution >= 0.6 is 0 Å². The molecular weight excluding hydrogens is 967 g/mol. The number of alkyl halides is 13. The van der Waals surface area contributed by atoms with Crippen LogP contribution in [0.25, 0.3) is 6.08 Å². The summed E-state index contributed by atoms with van der Waals surface area (Å²) in [5.41, 5.74) is 0.0332. The highest BCUT2D eigenvalue weighted by molar-refractivity contribution is 6.17. The zero-order valence-electron chi connectivity index (χ0n) is 37.9. The average molecular weight is 1020 g/mol. The summed E-state index contributed by atoms with van der Waals surface area (Å²) < 4.78 is 199. The molecular formula is C48H51F13O9. The minimum absolute atomic E-state index is 0.0180. The Morgan fingerprint density at radius 1 is 0.443 bits per heavy atom. The number of unbranched alkanes of at least 4 members (excludes halogenated alkanes) is 10. The minimum Gasteiger partial charge on any atom is -0.493 e. The zero-order chi connectivity index (χ0) is 52.4. The molecule has 9 nitrogen and oxygen atoms in total. The molecule has 0 bridgehead atoms. The van der Waals surface area contributed by atoms with Crippen LogP contribution in [0.5, 0.6) is 17.2 Å². The Labute approximate surface area is 394 Å². The Kier molecular flexibility index (Phi) is 21.6. The number of hydrogen-bond donors (Lipinski definition) is 0. The van der Waals surface area contributed by atoms with Crippen LogP contribution < -0.4 is 14.2 Å². The summed E-state index contributed by atoms with van der Waals surface area (Å²) >= 11 is 0. The molecule has 0 aliphatic heterocycles. The standard InChI is InChI=1S/C48H51F13O9/c1-3-5-7-9-11-13-28-67-41(64)38(42(65)68-29-14-12-10-8-6-4-2)31-32-15-17-33(18-16-32)39(62)69-36-21-19-34(20-22-36)40(63)70-37-25-23-35(24-26-37)66-30-27-43(49,50)44(51,52)45(53,54)46(55,56)47(57,58)48(59,60)61/h15-26,31H,3-14,27-30H2,1-2H3. The SMILES string of the molecule is CCCCCCCCOC(=O)C(=Cc1ccc(C(=O)Oc2ccc(C(=O)Oc3ccc(OCCC(F)(F)C(F)(F)C(F)(F)C(F)(F)C(F)(F)C(F)(F)F)cc3)cc2)cc1)C(=O)OCCCCCCCC. The molecule has 0 aromatic heterocycles. The summed E-state index contributed by atoms with van der Waals surface area (Å²) in [5, 5.41) is 0. The third kappa shape index (κ3) is 15.6. The molecule has 0 atom stereocenters. The summed E-state index contributed by atoms with van der Waals surface area (Å²) in [6, 6.07) is 14.3. The lowest BCUT2D eigenvalue weighted by Crippen LogP contribution is -2.70. The molecule has 3 rings (SSSR count). The van der Waals surface area contributed by atoms with E-state index in [1.54, 1.807) is 0 Å². The number of esters is 4. The molecule has 70 heavy (non-hydrogen) atoms. The van der Waals surface area contributed by atoms with Gasteiger partial charge in [-0.3, -0.25) is 0 Å². The Hall–Kier alpha value is -5.83. The molecule has 3 aromatic carbocycles. The molecule has 0 unspecified atom stereocenters. The fourth-order valence-corrected chi connectivity index (χ4v) is 6.18. The molecule has 0 fully saturated rings. The largest absolute Gasteiger partial charge is 0.493 e. The summed E-state index contributed by atoms with van der Waals surface area (Å²) in [6.45, 7) is 2.78. The van der Waals surface area contributed by atoms with Crippen molar-refractivity contribution in [1.29, 1.82) is 0 Å². The molecule has 0 saturated heterocycles. The molecule has 0 radical (unpaired) electrons. The third-order valence-electron chi connectivity index (χ3n) is 10.4. The maximum atomic E-state index is 14.1. The van der Waals surface area contributed by atoms with Crippen LogP contribution in [0.3, 0.4) is 0 Å². The Balaban J connectivity index is 1.58. The van der Waals surface area contributed by atoms with Crippen molar-refractivity contribution in [2.45, 2.75) is 133 Å². The average Bonchev–Trinajstić information content (AvgIpc) is 3.30. The second-order valence-corrected chi connectivity index (χ2v) is 15.9. The highest BCUT2D eigenvalue weighted by Gasteiger charge is 2.90. The Bertz CT molecular complexity index is 2140. The topological polar surface area (TPSA) is 114 Å². The molecule has 0 amide bonds. The van der Waals surface area contributed by atoms with Gasteiger partial charge in [0.15, 0.2) is 0 Å². The van der Waals surface area contributed by atoms with Crippen LogP contribution in [0.15, 0.2) is 78.4 Å². The first-order valence-electron chi connectivity index (χ1n) is 22.1. The van der Waals surface area contributed by atoms with Gasteiger partial charge in [-0.2, -0.15) is 57.1 Å². The predicted octanol–water partition coefficient (Wildman–Crippen LogP) is 13.8. The van der Waals surface area contributed by atoms with E-state index < -0.39 is 78.4 Å². The molecule has 22 heteroatoms. The van der Waals surface area contributed by atoms with E-state index in [0.717, 1.165) is 88.5 Å². The number of ether oxygens (including phenoxy) is 5. The third-order valence-corrected chi connectivity index (χ3v) is 10.4. The lowest BCUT2D eigenvalue weighted by Gasteiger charge is -2.39. The monoisotopic (exact) mass is 1020 g/mol. The van der Waals surface area contributed by atoms with Crippen molar-refractivity contribution in [3.8, 4) is 17.2 Å². The van der Waals surface area contributed by atoms with Crippen LogP contribution in [0, 0.1) is 0 Å². The number of hydrogen-bond acceptors (Lipinski definition) is 9. The van der Waals surface area contributed by atoms with E-state index in [9.17, 15) is 76.3 Å². The summed E-state index contributed by atoms with van der Waals surface area (Å²) in [6.07, 6.45) is 2.76. The van der Waals surface area contributed by atoms with Crippen LogP contribution in [-0.2, 0) is 19.1 Å². The van der Waals surface area contributed by atoms with Crippen molar-refractivity contribution < 1.29 is 99.9 Å². The number of carbonyl (C=O) groups is 4. The molecule has 0 saturated carbocycles. The van der Waals surface area contributed by atoms with E-state index in [1.165, 1.54) is 54.6 Å². The second-order valence-electron chi connectivity index (χ2n) is 15.9. The van der Waals surface area contributed by atoms with Gasteiger partial charge in [-0.1, -0.05) is 90.2 Å². The first kappa shape index (κ1) is 58.5. The van der Waals surface area contributed by atoms with Gasteiger partial charge >= 0.3 is 59.7 Å². The van der Waals surface area contributed by atoms with E-state index in [0.29, 0.717) is 18.4 Å². The Morgan fingerprint density at radius 2 is 0.814 bits per heavy atom. The van der Waals surface area contributed by atoms with Crippen LogP contribution in [0.4, 0.5) is 57.1 Å². The van der Waals surface area contributed by atoms with E-state index in [4.69, 9.17) is 18.9 Å². The maximum Gasteiger partial charge on any atom is 0.460 e. The van der Waals surface area contributed by atoms with E-state index in [2.05, 4.69) is 18.6 Å². The van der Waals surface area contributed by atoms with Crippen molar-refractivity contribution in [3.05, 3.63) is 95.1 Å². The first-order valence-corrected chi connectivity index (χ1v) is 22.1. The van der Waals surface area contributed by atoms with Gasteiger partial charge in [0.1, 0.15) is 22.8 Å². The maximum absolute atomic E-state index is 14.1. The van der Waals surface area contributed by atoms with Crippen LogP contribution in [0.1, 0.15) is 124 Å². The molecule has 0 aliphatic carbocycles. The highest BCUT2D eigenvalue weighted by atomic mass is 19.4. The van der Waals surface area contributed by atoms with Gasteiger partial charge in [-0.15, -0.1) is 0 Å². The molecule has 0 spiro atoms. The predicted molar refractivity (Wildman–Crippen MR) is 227 cm³/mol. The van der Waals surface area contributed by atoms with Gasteiger partial charge < -0.3 is 23.7 Å². The van der Waals surface area contributed by atoms with Crippen molar-refractivity contribution in [2.75, 3.05) is 19.8 Å². The van der Waals surface area contributed by atoms with E-state index in [-0.39, 0.29) is 41.4 Å². The summed E-state index contributed by atoms with van der Waals surface area (Å²) in [7, 11) is 0. The van der Waals surface area contributed by atoms with Crippen LogP contribution in [0.2, 0.25) is 0 Å². The normalized spacial score (nSPS) is 12.5. The van der Waals surface area contributed by atoms with Crippen molar-refractivity contribution >= 4 is 30.0 Å².